The van der Waals surface area contributed by atoms with Crippen molar-refractivity contribution in [2.45, 2.75) is 12.5 Å². The first-order valence-electron chi connectivity index (χ1n) is 7.64. The Morgan fingerprint density at radius 2 is 2.19 bits per heavy atom. The SMILES string of the molecule is CNC(=O)c1cc(NC(=O)CC(c2ccsc2)n2cnnn2)ccc1Cl. The van der Waals surface area contributed by atoms with Gasteiger partial charge in [-0.2, -0.15) is 11.3 Å². The van der Waals surface area contributed by atoms with Crippen LogP contribution in [0.25, 0.3) is 0 Å². The Hall–Kier alpha value is -2.78. The molecule has 8 nitrogen and oxygen atoms in total. The molecule has 1 unspecified atom stereocenters. The van der Waals surface area contributed by atoms with E-state index in [0.717, 1.165) is 5.56 Å². The van der Waals surface area contributed by atoms with Gasteiger partial charge in [0, 0.05) is 12.7 Å². The van der Waals surface area contributed by atoms with Gasteiger partial charge < -0.3 is 10.6 Å². The predicted molar refractivity (Wildman–Crippen MR) is 98.4 cm³/mol. The maximum absolute atomic E-state index is 12.5. The number of thiophene rings is 1. The molecule has 0 saturated heterocycles. The molecule has 1 atom stereocenters. The van der Waals surface area contributed by atoms with Crippen molar-refractivity contribution in [3.8, 4) is 0 Å². The van der Waals surface area contributed by atoms with Gasteiger partial charge in [0.05, 0.1) is 23.0 Å². The number of rotatable bonds is 6. The summed E-state index contributed by atoms with van der Waals surface area (Å²) >= 11 is 7.56. The summed E-state index contributed by atoms with van der Waals surface area (Å²) in [5.41, 5.74) is 1.72. The Morgan fingerprint density at radius 1 is 1.35 bits per heavy atom. The van der Waals surface area contributed by atoms with Crippen molar-refractivity contribution in [2.75, 3.05) is 12.4 Å². The minimum Gasteiger partial charge on any atom is -0.355 e. The molecule has 2 aromatic heterocycles. The molecule has 2 N–H and O–H groups in total. The molecule has 0 radical (unpaired) electrons. The van der Waals surface area contributed by atoms with E-state index in [9.17, 15) is 9.59 Å². The molecular formula is C16H15ClN6O2S. The smallest absolute Gasteiger partial charge is 0.252 e. The van der Waals surface area contributed by atoms with E-state index in [-0.39, 0.29) is 24.3 Å². The van der Waals surface area contributed by atoms with E-state index in [1.807, 2.05) is 16.8 Å². The number of benzene rings is 1. The van der Waals surface area contributed by atoms with Gasteiger partial charge in [-0.1, -0.05) is 11.6 Å². The first-order chi connectivity index (χ1) is 12.6. The van der Waals surface area contributed by atoms with Gasteiger partial charge >= 0.3 is 0 Å². The number of nitrogens with one attached hydrogen (secondary N) is 2. The number of amides is 2. The molecule has 10 heteroatoms. The van der Waals surface area contributed by atoms with Crippen LogP contribution in [0.15, 0.2) is 41.4 Å². The fraction of sp³-hybridized carbons (Fsp3) is 0.188. The van der Waals surface area contributed by atoms with E-state index < -0.39 is 0 Å². The van der Waals surface area contributed by atoms with E-state index in [0.29, 0.717) is 16.3 Å². The van der Waals surface area contributed by atoms with E-state index >= 15 is 0 Å². The molecule has 2 heterocycles. The van der Waals surface area contributed by atoms with Crippen LogP contribution in [0, 0.1) is 0 Å². The number of halogens is 1. The van der Waals surface area contributed by atoms with Crippen LogP contribution in [0.1, 0.15) is 28.4 Å². The molecule has 3 rings (SSSR count). The normalized spacial score (nSPS) is 11.8. The molecule has 0 spiro atoms. The number of tetrazole rings is 1. The number of hydrogen-bond acceptors (Lipinski definition) is 6. The summed E-state index contributed by atoms with van der Waals surface area (Å²) in [5, 5.41) is 20.7. The standard InChI is InChI=1S/C16H15ClN6O2S/c1-18-16(25)12-6-11(2-3-13(12)17)20-15(24)7-14(10-4-5-26-8-10)23-9-19-21-22-23/h2-6,8-9,14H,7H2,1H3,(H,18,25)(H,20,24). The Bertz CT molecular complexity index is 863. The summed E-state index contributed by atoms with van der Waals surface area (Å²) in [4.78, 5) is 24.4. The van der Waals surface area contributed by atoms with E-state index in [1.54, 1.807) is 16.8 Å². The Morgan fingerprint density at radius 3 is 2.85 bits per heavy atom. The molecule has 134 valence electrons. The van der Waals surface area contributed by atoms with Crippen LogP contribution in [0.2, 0.25) is 5.02 Å². The molecule has 3 aromatic rings. The van der Waals surface area contributed by atoms with Gasteiger partial charge in [0.1, 0.15) is 6.33 Å². The molecule has 0 bridgehead atoms. The molecule has 2 amide bonds. The van der Waals surface area contributed by atoms with E-state index in [1.165, 1.54) is 30.8 Å². The van der Waals surface area contributed by atoms with Gasteiger partial charge in [0.25, 0.3) is 5.91 Å². The number of anilines is 1. The average Bonchev–Trinajstić information content (AvgIpc) is 3.34. The summed E-state index contributed by atoms with van der Waals surface area (Å²) in [5.74, 6) is -0.558. The van der Waals surface area contributed by atoms with Gasteiger partial charge in [-0.15, -0.1) is 5.10 Å². The summed E-state index contributed by atoms with van der Waals surface area (Å²) in [7, 11) is 1.52. The van der Waals surface area contributed by atoms with Crippen LogP contribution < -0.4 is 10.6 Å². The second kappa shape index (κ2) is 8.07. The summed E-state index contributed by atoms with van der Waals surface area (Å²) in [6.07, 6.45) is 1.61. The molecular weight excluding hydrogens is 376 g/mol. The van der Waals surface area contributed by atoms with Crippen molar-refractivity contribution in [1.29, 1.82) is 0 Å². The maximum atomic E-state index is 12.5. The molecule has 0 aliphatic heterocycles. The minimum atomic E-state index is -0.323. The third-order valence-electron chi connectivity index (χ3n) is 3.71. The highest BCUT2D eigenvalue weighted by Gasteiger charge is 2.20. The maximum Gasteiger partial charge on any atom is 0.252 e. The van der Waals surface area contributed by atoms with Gasteiger partial charge in [-0.05, 0) is 51.0 Å². The average molecular weight is 391 g/mol. The van der Waals surface area contributed by atoms with Gasteiger partial charge in [-0.3, -0.25) is 9.59 Å². The Balaban J connectivity index is 1.76. The van der Waals surface area contributed by atoms with Crippen molar-refractivity contribution < 1.29 is 9.59 Å². The van der Waals surface area contributed by atoms with Crippen molar-refractivity contribution in [1.82, 2.24) is 25.5 Å². The highest BCUT2D eigenvalue weighted by atomic mass is 35.5. The second-order valence-electron chi connectivity index (χ2n) is 5.39. The second-order valence-corrected chi connectivity index (χ2v) is 6.58. The fourth-order valence-corrected chi connectivity index (χ4v) is 3.35. The first-order valence-corrected chi connectivity index (χ1v) is 8.96. The fourth-order valence-electron chi connectivity index (χ4n) is 2.44. The number of hydrogen-bond donors (Lipinski definition) is 2. The third-order valence-corrected chi connectivity index (χ3v) is 4.74. The molecule has 0 aliphatic carbocycles. The minimum absolute atomic E-state index is 0.139. The zero-order valence-corrected chi connectivity index (χ0v) is 15.3. The lowest BCUT2D eigenvalue weighted by Crippen LogP contribution is -2.21. The molecule has 0 fully saturated rings. The van der Waals surface area contributed by atoms with Crippen LogP contribution in [0.4, 0.5) is 5.69 Å². The predicted octanol–water partition coefficient (Wildman–Crippen LogP) is 2.37. The monoisotopic (exact) mass is 390 g/mol. The summed E-state index contributed by atoms with van der Waals surface area (Å²) in [6, 6.07) is 6.36. The first kappa shape index (κ1) is 18.0. The van der Waals surface area contributed by atoms with Crippen molar-refractivity contribution >= 4 is 40.4 Å². The van der Waals surface area contributed by atoms with Gasteiger partial charge in [0.2, 0.25) is 5.91 Å². The summed E-state index contributed by atoms with van der Waals surface area (Å²) < 4.78 is 1.54. The van der Waals surface area contributed by atoms with Crippen LogP contribution in [-0.4, -0.2) is 39.1 Å². The van der Waals surface area contributed by atoms with Crippen LogP contribution >= 0.6 is 22.9 Å². The number of aromatic nitrogens is 4. The lowest BCUT2D eigenvalue weighted by Gasteiger charge is -2.15. The lowest BCUT2D eigenvalue weighted by atomic mass is 10.1. The van der Waals surface area contributed by atoms with Gasteiger partial charge in [-0.25, -0.2) is 4.68 Å². The largest absolute Gasteiger partial charge is 0.355 e. The topological polar surface area (TPSA) is 102 Å². The zero-order valence-electron chi connectivity index (χ0n) is 13.7. The zero-order chi connectivity index (χ0) is 18.5. The summed E-state index contributed by atoms with van der Waals surface area (Å²) in [6.45, 7) is 0. The van der Waals surface area contributed by atoms with E-state index in [4.69, 9.17) is 11.6 Å². The number of carbonyl (C=O) groups is 2. The van der Waals surface area contributed by atoms with E-state index in [2.05, 4.69) is 26.2 Å². The highest BCUT2D eigenvalue weighted by molar-refractivity contribution is 7.08. The molecule has 1 aromatic carbocycles. The quantitative estimate of drug-likeness (QED) is 0.672. The third kappa shape index (κ3) is 4.06. The molecule has 0 saturated carbocycles. The number of carbonyl (C=O) groups excluding carboxylic acids is 2. The Kier molecular flexibility index (Phi) is 5.59. The Labute approximate surface area is 158 Å². The van der Waals surface area contributed by atoms with Crippen LogP contribution in [0.3, 0.4) is 0 Å². The van der Waals surface area contributed by atoms with Crippen LogP contribution in [0.5, 0.6) is 0 Å². The molecule has 0 aliphatic rings. The number of nitrogens with zero attached hydrogens (tertiary/aromatic N) is 4. The van der Waals surface area contributed by atoms with Crippen molar-refractivity contribution in [3.05, 3.63) is 57.5 Å². The lowest BCUT2D eigenvalue weighted by molar-refractivity contribution is -0.116. The van der Waals surface area contributed by atoms with Crippen molar-refractivity contribution in [3.63, 3.8) is 0 Å². The molecule has 26 heavy (non-hydrogen) atoms. The van der Waals surface area contributed by atoms with Gasteiger partial charge in [0.15, 0.2) is 0 Å². The van der Waals surface area contributed by atoms with Crippen molar-refractivity contribution in [2.24, 2.45) is 0 Å². The van der Waals surface area contributed by atoms with Crippen LogP contribution in [-0.2, 0) is 4.79 Å². The highest BCUT2D eigenvalue weighted by Crippen LogP contribution is 2.25.